The minimum absolute atomic E-state index is 0.552. The predicted octanol–water partition coefficient (Wildman–Crippen LogP) is 4.34. The minimum atomic E-state index is 0.552. The molecule has 0 aliphatic rings. The molecule has 7 nitrogen and oxygen atoms in total. The number of benzene rings is 2. The lowest BCUT2D eigenvalue weighted by Gasteiger charge is -2.14. The third kappa shape index (κ3) is 3.00. The number of hydrogen-bond donors (Lipinski definition) is 2. The molecule has 0 radical (unpaired) electrons. The highest BCUT2D eigenvalue weighted by Crippen LogP contribution is 2.40. The summed E-state index contributed by atoms with van der Waals surface area (Å²) in [5.74, 6) is 2.44. The number of nitrogens with one attached hydrogen (secondary N) is 2. The zero-order valence-corrected chi connectivity index (χ0v) is 16.2. The van der Waals surface area contributed by atoms with E-state index in [1.165, 1.54) is 0 Å². The lowest BCUT2D eigenvalue weighted by molar-refractivity contribution is 0.324. The molecule has 4 aromatic rings. The fourth-order valence-corrected chi connectivity index (χ4v) is 3.39. The Balaban J connectivity index is 1.71. The summed E-state index contributed by atoms with van der Waals surface area (Å²) in [5.41, 5.74) is 4.02. The lowest BCUT2D eigenvalue weighted by atomic mass is 10.1. The standard InChI is InChI=1S/C21H22N4O3/c1-25-17(15-6-5-7-16-14(15)8-9-22-16)12-20(24-25)23-13-10-18(26-2)21(28-4)19(11-13)27-3/h5-12,22H,1-4H3,(H,23,24). The summed E-state index contributed by atoms with van der Waals surface area (Å²) < 4.78 is 18.1. The number of methoxy groups -OCH3 is 3. The largest absolute Gasteiger partial charge is 0.493 e. The molecule has 0 saturated heterocycles. The van der Waals surface area contributed by atoms with Crippen molar-refractivity contribution in [1.29, 1.82) is 0 Å². The molecule has 0 aliphatic heterocycles. The number of ether oxygens (including phenoxy) is 3. The molecule has 0 spiro atoms. The molecule has 0 bridgehead atoms. The first kappa shape index (κ1) is 17.8. The SMILES string of the molecule is COc1cc(Nc2cc(-c3cccc4[nH]ccc34)n(C)n2)cc(OC)c1OC. The summed E-state index contributed by atoms with van der Waals surface area (Å²) in [6.07, 6.45) is 1.94. The average Bonchev–Trinajstić information content (AvgIpc) is 3.33. The molecular formula is C21H22N4O3. The highest BCUT2D eigenvalue weighted by atomic mass is 16.5. The van der Waals surface area contributed by atoms with E-state index in [2.05, 4.69) is 33.6 Å². The van der Waals surface area contributed by atoms with E-state index in [1.54, 1.807) is 21.3 Å². The maximum Gasteiger partial charge on any atom is 0.203 e. The molecule has 2 aromatic carbocycles. The van der Waals surface area contributed by atoms with Gasteiger partial charge in [-0.05, 0) is 12.1 Å². The zero-order chi connectivity index (χ0) is 19.7. The molecule has 4 rings (SSSR count). The van der Waals surface area contributed by atoms with Gasteiger partial charge >= 0.3 is 0 Å². The van der Waals surface area contributed by atoms with Gasteiger partial charge in [0.2, 0.25) is 5.75 Å². The number of fused-ring (bicyclic) bond motifs is 1. The van der Waals surface area contributed by atoms with E-state index in [4.69, 9.17) is 14.2 Å². The molecular weight excluding hydrogens is 356 g/mol. The highest BCUT2D eigenvalue weighted by Gasteiger charge is 2.15. The number of rotatable bonds is 6. The molecule has 0 fully saturated rings. The van der Waals surface area contributed by atoms with Gasteiger partial charge in [-0.1, -0.05) is 12.1 Å². The van der Waals surface area contributed by atoms with Crippen LogP contribution in [0.3, 0.4) is 0 Å². The lowest BCUT2D eigenvalue weighted by Crippen LogP contribution is -1.99. The summed E-state index contributed by atoms with van der Waals surface area (Å²) in [4.78, 5) is 3.25. The molecule has 28 heavy (non-hydrogen) atoms. The van der Waals surface area contributed by atoms with Gasteiger partial charge in [-0.15, -0.1) is 0 Å². The molecule has 0 amide bonds. The van der Waals surface area contributed by atoms with Gasteiger partial charge in [-0.25, -0.2) is 0 Å². The van der Waals surface area contributed by atoms with Crippen LogP contribution in [0.4, 0.5) is 11.5 Å². The minimum Gasteiger partial charge on any atom is -0.493 e. The Morgan fingerprint density at radius 1 is 0.964 bits per heavy atom. The van der Waals surface area contributed by atoms with Crippen molar-refractivity contribution >= 4 is 22.4 Å². The smallest absolute Gasteiger partial charge is 0.203 e. The Labute approximate surface area is 162 Å². The first-order chi connectivity index (χ1) is 13.6. The summed E-state index contributed by atoms with van der Waals surface area (Å²) in [6, 6.07) is 14.0. The van der Waals surface area contributed by atoms with Gasteiger partial charge < -0.3 is 24.5 Å². The quantitative estimate of drug-likeness (QED) is 0.522. The van der Waals surface area contributed by atoms with E-state index in [1.807, 2.05) is 42.2 Å². The Morgan fingerprint density at radius 2 is 1.71 bits per heavy atom. The molecule has 0 aliphatic carbocycles. The van der Waals surface area contributed by atoms with E-state index < -0.39 is 0 Å². The summed E-state index contributed by atoms with van der Waals surface area (Å²) >= 11 is 0. The number of aromatic nitrogens is 3. The topological polar surface area (TPSA) is 73.3 Å². The second-order valence-electron chi connectivity index (χ2n) is 6.32. The van der Waals surface area contributed by atoms with Crippen LogP contribution in [0.2, 0.25) is 0 Å². The van der Waals surface area contributed by atoms with E-state index >= 15 is 0 Å². The van der Waals surface area contributed by atoms with E-state index in [9.17, 15) is 0 Å². The second kappa shape index (κ2) is 7.19. The van der Waals surface area contributed by atoms with E-state index in [0.717, 1.165) is 33.7 Å². The van der Waals surface area contributed by atoms with Crippen molar-refractivity contribution in [3.63, 3.8) is 0 Å². The predicted molar refractivity (Wildman–Crippen MR) is 110 cm³/mol. The number of aromatic amines is 1. The zero-order valence-electron chi connectivity index (χ0n) is 16.2. The van der Waals surface area contributed by atoms with Gasteiger partial charge in [0.1, 0.15) is 0 Å². The maximum absolute atomic E-state index is 5.42. The van der Waals surface area contributed by atoms with Crippen LogP contribution in [0, 0.1) is 0 Å². The Bertz CT molecular complexity index is 1100. The molecule has 144 valence electrons. The fraction of sp³-hybridized carbons (Fsp3) is 0.190. The molecule has 2 heterocycles. The van der Waals surface area contributed by atoms with Gasteiger partial charge in [0, 0.05) is 53.6 Å². The first-order valence-electron chi connectivity index (χ1n) is 8.82. The number of H-pyrrole nitrogens is 1. The molecule has 0 unspecified atom stereocenters. The molecule has 2 N–H and O–H groups in total. The van der Waals surface area contributed by atoms with Gasteiger partial charge in [0.05, 0.1) is 27.0 Å². The van der Waals surface area contributed by atoms with Gasteiger partial charge in [0.25, 0.3) is 0 Å². The molecule has 0 atom stereocenters. The van der Waals surface area contributed by atoms with Crippen LogP contribution in [0.25, 0.3) is 22.2 Å². The number of hydrogen-bond acceptors (Lipinski definition) is 5. The third-order valence-electron chi connectivity index (χ3n) is 4.69. The fourth-order valence-electron chi connectivity index (χ4n) is 3.39. The number of aryl methyl sites for hydroxylation is 1. The monoisotopic (exact) mass is 378 g/mol. The van der Waals surface area contributed by atoms with Crippen molar-refractivity contribution in [1.82, 2.24) is 14.8 Å². The van der Waals surface area contributed by atoms with Gasteiger partial charge in [-0.2, -0.15) is 5.10 Å². The van der Waals surface area contributed by atoms with Crippen molar-refractivity contribution in [2.75, 3.05) is 26.6 Å². The van der Waals surface area contributed by atoms with Crippen LogP contribution in [0.1, 0.15) is 0 Å². The average molecular weight is 378 g/mol. The van der Waals surface area contributed by atoms with Gasteiger partial charge in [-0.3, -0.25) is 4.68 Å². The van der Waals surface area contributed by atoms with Crippen molar-refractivity contribution in [3.05, 3.63) is 48.7 Å². The molecule has 2 aromatic heterocycles. The highest BCUT2D eigenvalue weighted by molar-refractivity contribution is 5.94. The van der Waals surface area contributed by atoms with Crippen LogP contribution < -0.4 is 19.5 Å². The first-order valence-corrected chi connectivity index (χ1v) is 8.82. The van der Waals surface area contributed by atoms with E-state index in [-0.39, 0.29) is 0 Å². The summed E-state index contributed by atoms with van der Waals surface area (Å²) in [7, 11) is 6.70. The van der Waals surface area contributed by atoms with Crippen molar-refractivity contribution in [2.24, 2.45) is 7.05 Å². The number of anilines is 2. The van der Waals surface area contributed by atoms with Crippen molar-refractivity contribution in [3.8, 4) is 28.5 Å². The summed E-state index contributed by atoms with van der Waals surface area (Å²) in [5, 5.41) is 9.09. The Morgan fingerprint density at radius 3 is 2.39 bits per heavy atom. The second-order valence-corrected chi connectivity index (χ2v) is 6.32. The van der Waals surface area contributed by atoms with Crippen LogP contribution in [-0.2, 0) is 7.05 Å². The van der Waals surface area contributed by atoms with Crippen molar-refractivity contribution < 1.29 is 14.2 Å². The maximum atomic E-state index is 5.42. The molecule has 7 heteroatoms. The normalized spacial score (nSPS) is 10.9. The van der Waals surface area contributed by atoms with Crippen LogP contribution in [0.5, 0.6) is 17.2 Å². The number of nitrogens with zero attached hydrogens (tertiary/aromatic N) is 2. The third-order valence-corrected chi connectivity index (χ3v) is 4.69. The van der Waals surface area contributed by atoms with Gasteiger partial charge in [0.15, 0.2) is 17.3 Å². The Hall–Kier alpha value is -3.61. The summed E-state index contributed by atoms with van der Waals surface area (Å²) in [6.45, 7) is 0. The Kier molecular flexibility index (Phi) is 4.57. The van der Waals surface area contributed by atoms with Crippen LogP contribution in [-0.4, -0.2) is 36.1 Å². The van der Waals surface area contributed by atoms with E-state index in [0.29, 0.717) is 17.2 Å². The van der Waals surface area contributed by atoms with Crippen molar-refractivity contribution in [2.45, 2.75) is 0 Å². The van der Waals surface area contributed by atoms with Crippen LogP contribution >= 0.6 is 0 Å². The van der Waals surface area contributed by atoms with Crippen LogP contribution in [0.15, 0.2) is 48.7 Å². The molecule has 0 saturated carbocycles.